The molecule has 96 heavy (non-hydrogen) atoms. The molecular weight excluding hydrogens is 1230 g/mol. The van der Waals surface area contributed by atoms with Crippen LogP contribution in [0.1, 0.15) is 177 Å². The van der Waals surface area contributed by atoms with Crippen LogP contribution in [0.4, 0.5) is 21.6 Å². The van der Waals surface area contributed by atoms with Crippen LogP contribution in [0.3, 0.4) is 0 Å². The average Bonchev–Trinajstić information content (AvgIpc) is 1.55. The number of aryl methyl sites for hydroxylation is 2. The summed E-state index contributed by atoms with van der Waals surface area (Å²) in [6.07, 6.45) is 10.1. The highest BCUT2D eigenvalue weighted by Crippen LogP contribution is 2.52. The summed E-state index contributed by atoms with van der Waals surface area (Å²) >= 11 is 1.57. The Hall–Kier alpha value is -7.66. The standard InChI is InChI=1S/C74H96FN13O7S/c1-43(2)78-69(92)55-36-59(57(75)31-45(55)5)81-68-65-60(76-41-87(65)44(3)4)37-58(80-68)51-21-22-56-61(32-51)88(53-33-52(34-53)84-27-12-11-13-28-84)72(95)74(56)24-29-85(30-25-74)64(91)23-16-48-15-14-26-83(38-48)40-63(90)82-67(73(8,9)10)71(94)86-39-54(89)35-62(86)70(93)79-46(6)49-17-19-50(20-18-49)66-47(7)77-42-96-66/h17-22,31-32,36-37,41-44,46,48,52-54,62,67,89H,11-16,23-30,33-35,38-40H2,1-10H3,(H,78,92)(H,79,93)(H,80,81)(H,82,90)/t46-,48?,52?,53?,54+,62-,67?/m0/s1. The number of hydrogen-bond donors (Lipinski definition) is 5. The molecule has 20 nitrogen and oxygen atoms in total. The van der Waals surface area contributed by atoms with Crippen molar-refractivity contribution in [3.8, 4) is 21.7 Å². The minimum atomic E-state index is -0.964. The lowest BCUT2D eigenvalue weighted by atomic mass is 9.73. The molecule has 2 unspecified atom stereocenters. The third-order valence-electron chi connectivity index (χ3n) is 21.2. The molecule has 1 aliphatic carbocycles. The highest BCUT2D eigenvalue weighted by molar-refractivity contribution is 7.13. The van der Waals surface area contributed by atoms with Crippen molar-refractivity contribution in [2.75, 3.05) is 62.6 Å². The first-order valence-electron chi connectivity index (χ1n) is 34.9. The summed E-state index contributed by atoms with van der Waals surface area (Å²) in [4.78, 5) is 111. The van der Waals surface area contributed by atoms with Gasteiger partial charge in [-0.05, 0) is 184 Å². The molecular formula is C74H96FN13O7S. The van der Waals surface area contributed by atoms with Crippen LogP contribution in [0.25, 0.3) is 32.7 Å². The Balaban J connectivity index is 0.694. The van der Waals surface area contributed by atoms with Crippen LogP contribution in [-0.4, -0.2) is 168 Å². The van der Waals surface area contributed by atoms with Gasteiger partial charge in [0.2, 0.25) is 29.5 Å². The van der Waals surface area contributed by atoms with E-state index in [-0.39, 0.29) is 84.8 Å². The molecule has 4 saturated heterocycles. The molecule has 3 aromatic carbocycles. The number of aliphatic hydroxyl groups is 1. The second-order valence-electron chi connectivity index (χ2n) is 29.8. The minimum absolute atomic E-state index is 0.000573. The van der Waals surface area contributed by atoms with Crippen molar-refractivity contribution in [2.24, 2.45) is 11.3 Å². The van der Waals surface area contributed by atoms with Crippen molar-refractivity contribution in [2.45, 2.75) is 200 Å². The number of benzene rings is 3. The van der Waals surface area contributed by atoms with Gasteiger partial charge in [-0.15, -0.1) is 11.3 Å². The number of imidazole rings is 1. The van der Waals surface area contributed by atoms with Crippen molar-refractivity contribution in [3.05, 3.63) is 106 Å². The lowest BCUT2D eigenvalue weighted by Gasteiger charge is -2.48. The number of carbonyl (C=O) groups is 6. The molecule has 0 bridgehead atoms. The number of nitrogens with zero attached hydrogens (tertiary/aromatic N) is 9. The normalized spacial score (nSPS) is 22.2. The number of pyridine rings is 1. The SMILES string of the molecule is Cc1cc(F)c(Nc2nc(-c3ccc4c(c3)N(C3CC(N5CCCCC5)C3)C(=O)C43CCN(C(=O)CCC4CCCN(CC(=O)NC(C(=O)N5C[C@H](O)C[C@H]5C(=O)N[C@@H](C)c5ccc(-c6scnc6C)cc5)C(C)(C)C)C4)CC3)cc3ncn(C(C)C)c23)cc1C(=O)NC(C)C. The summed E-state index contributed by atoms with van der Waals surface area (Å²) < 4.78 is 18.0. The van der Waals surface area contributed by atoms with E-state index in [1.54, 1.807) is 24.6 Å². The maximum Gasteiger partial charge on any atom is 0.251 e. The number of rotatable bonds is 19. The lowest BCUT2D eigenvalue weighted by molar-refractivity contribution is -0.144. The highest BCUT2D eigenvalue weighted by Gasteiger charge is 2.56. The Bertz CT molecular complexity index is 3900. The second kappa shape index (κ2) is 28.1. The van der Waals surface area contributed by atoms with Crippen LogP contribution in [0.15, 0.2) is 72.5 Å². The van der Waals surface area contributed by atoms with Crippen LogP contribution < -0.4 is 26.2 Å². The predicted octanol–water partition coefficient (Wildman–Crippen LogP) is 10.5. The van der Waals surface area contributed by atoms with E-state index in [2.05, 4.69) is 53.1 Å². The van der Waals surface area contributed by atoms with E-state index in [1.165, 1.54) is 36.3 Å². The van der Waals surface area contributed by atoms with Crippen LogP contribution in [0.5, 0.6) is 0 Å². The summed E-state index contributed by atoms with van der Waals surface area (Å²) in [6, 6.07) is 17.1. The molecule has 5 N–H and O–H groups in total. The Morgan fingerprint density at radius 2 is 1.54 bits per heavy atom. The lowest BCUT2D eigenvalue weighted by Crippen LogP contribution is -2.59. The number of amides is 6. The van der Waals surface area contributed by atoms with E-state index < -0.39 is 40.7 Å². The largest absolute Gasteiger partial charge is 0.391 e. The van der Waals surface area contributed by atoms with E-state index in [4.69, 9.17) is 9.97 Å². The van der Waals surface area contributed by atoms with Gasteiger partial charge in [-0.2, -0.15) is 0 Å². The topological polar surface area (TPSA) is 231 Å². The van der Waals surface area contributed by atoms with Gasteiger partial charge in [-0.1, -0.05) is 63.6 Å². The predicted molar refractivity (Wildman–Crippen MR) is 372 cm³/mol. The van der Waals surface area contributed by atoms with Crippen molar-refractivity contribution < 1.29 is 38.3 Å². The minimum Gasteiger partial charge on any atom is -0.391 e. The zero-order chi connectivity index (χ0) is 68.1. The molecule has 6 amide bonds. The second-order valence-corrected chi connectivity index (χ2v) is 30.6. The fourth-order valence-electron chi connectivity index (χ4n) is 15.7. The fraction of sp³-hybridized carbons (Fsp3) is 0.554. The molecule has 1 saturated carbocycles. The number of β-amino-alcohol motifs (C(OH)–C–C–N with tert-alkyl or cyclic N) is 1. The number of nitrogens with one attached hydrogen (secondary N) is 4. The summed E-state index contributed by atoms with van der Waals surface area (Å²) in [5, 5.41) is 23.2. The number of anilines is 3. The first-order chi connectivity index (χ1) is 45.8. The van der Waals surface area contributed by atoms with E-state index in [9.17, 15) is 29.1 Å². The molecule has 8 heterocycles. The molecule has 6 aliphatic rings. The molecule has 5 atom stereocenters. The van der Waals surface area contributed by atoms with Crippen molar-refractivity contribution >= 4 is 75.0 Å². The number of thiazole rings is 1. The Morgan fingerprint density at radius 1 is 0.812 bits per heavy atom. The average molecular weight is 1330 g/mol. The number of carbonyl (C=O) groups excluding carboxylic acids is 6. The molecule has 5 fully saturated rings. The molecule has 22 heteroatoms. The summed E-state index contributed by atoms with van der Waals surface area (Å²) in [7, 11) is 0. The third kappa shape index (κ3) is 14.1. The van der Waals surface area contributed by atoms with E-state index in [1.807, 2.05) is 114 Å². The van der Waals surface area contributed by atoms with Gasteiger partial charge in [0.15, 0.2) is 5.82 Å². The summed E-state index contributed by atoms with van der Waals surface area (Å²) in [5.74, 6) is -1.20. The number of piperidine rings is 3. The fourth-order valence-corrected chi connectivity index (χ4v) is 16.5. The van der Waals surface area contributed by atoms with Gasteiger partial charge >= 0.3 is 0 Å². The van der Waals surface area contributed by atoms with Crippen LogP contribution in [-0.2, 0) is 29.4 Å². The number of hydrogen-bond acceptors (Lipinski definition) is 14. The van der Waals surface area contributed by atoms with Crippen LogP contribution in [0, 0.1) is 31.0 Å². The van der Waals surface area contributed by atoms with Crippen LogP contribution in [0.2, 0.25) is 0 Å². The van der Waals surface area contributed by atoms with Gasteiger partial charge < -0.3 is 50.5 Å². The Morgan fingerprint density at radius 3 is 2.23 bits per heavy atom. The molecule has 0 radical (unpaired) electrons. The van der Waals surface area contributed by atoms with Crippen LogP contribution >= 0.6 is 11.3 Å². The maximum atomic E-state index is 16.0. The first-order valence-corrected chi connectivity index (χ1v) is 35.8. The van der Waals surface area contributed by atoms with Gasteiger partial charge in [0, 0.05) is 80.0 Å². The molecule has 6 aromatic rings. The Labute approximate surface area is 567 Å². The smallest absolute Gasteiger partial charge is 0.251 e. The van der Waals surface area contributed by atoms with E-state index in [0.717, 1.165) is 77.3 Å². The number of aromatic nitrogens is 4. The molecule has 12 rings (SSSR count). The van der Waals surface area contributed by atoms with Gasteiger partial charge in [-0.25, -0.2) is 19.3 Å². The van der Waals surface area contributed by atoms with Gasteiger partial charge in [0.25, 0.3) is 5.91 Å². The zero-order valence-corrected chi connectivity index (χ0v) is 58.3. The Kier molecular flexibility index (Phi) is 20.0. The van der Waals surface area contributed by atoms with Crippen molar-refractivity contribution in [1.29, 1.82) is 0 Å². The van der Waals surface area contributed by atoms with E-state index in [0.29, 0.717) is 91.6 Å². The van der Waals surface area contributed by atoms with Crippen molar-refractivity contribution in [1.82, 2.24) is 55.1 Å². The van der Waals surface area contributed by atoms with Gasteiger partial charge in [0.05, 0.1) is 63.4 Å². The third-order valence-corrected chi connectivity index (χ3v) is 22.1. The number of aliphatic hydroxyl groups excluding tert-OH is 1. The van der Waals surface area contributed by atoms with Gasteiger partial charge in [0.1, 0.15) is 23.4 Å². The summed E-state index contributed by atoms with van der Waals surface area (Å²) in [6.45, 7) is 23.5. The molecule has 512 valence electrons. The number of halogens is 1. The summed E-state index contributed by atoms with van der Waals surface area (Å²) in [5.41, 5.74) is 8.72. The quantitative estimate of drug-likeness (QED) is 0.0509. The number of fused-ring (bicyclic) bond motifs is 3. The first kappa shape index (κ1) is 68.3. The molecule has 5 aliphatic heterocycles. The highest BCUT2D eigenvalue weighted by atomic mass is 32.1. The maximum absolute atomic E-state index is 16.0. The molecule has 1 spiro atoms. The monoisotopic (exact) mass is 1330 g/mol. The van der Waals surface area contributed by atoms with Crippen molar-refractivity contribution in [3.63, 3.8) is 0 Å². The zero-order valence-electron chi connectivity index (χ0n) is 57.5. The van der Waals surface area contributed by atoms with E-state index >= 15 is 9.18 Å². The number of likely N-dealkylation sites (tertiary alicyclic amines) is 4. The molecule has 3 aromatic heterocycles. The van der Waals surface area contributed by atoms with Gasteiger partial charge in [-0.3, -0.25) is 33.7 Å².